The molecule has 0 fully saturated rings. The Morgan fingerprint density at radius 1 is 1.42 bits per heavy atom. The normalized spacial score (nSPS) is 20.8. The number of anilines is 1. The average molecular weight is 162 g/mol. The van der Waals surface area contributed by atoms with Crippen molar-refractivity contribution in [1.82, 2.24) is 0 Å². The van der Waals surface area contributed by atoms with Crippen molar-refractivity contribution in [2.24, 2.45) is 4.99 Å². The van der Waals surface area contributed by atoms with Crippen LogP contribution in [0.3, 0.4) is 0 Å². The third-order valence-corrected chi connectivity index (χ3v) is 1.98. The quantitative estimate of drug-likeness (QED) is 0.621. The molecule has 12 heavy (non-hydrogen) atoms. The lowest BCUT2D eigenvalue weighted by molar-refractivity contribution is 0.188. The van der Waals surface area contributed by atoms with E-state index in [1.807, 2.05) is 36.2 Å². The van der Waals surface area contributed by atoms with Crippen LogP contribution in [0.2, 0.25) is 0 Å². The third kappa shape index (κ3) is 0.987. The fourth-order valence-corrected chi connectivity index (χ4v) is 1.33. The molecule has 0 aromatic heterocycles. The molecule has 3 nitrogen and oxygen atoms in total. The molecule has 0 aliphatic carbocycles. The zero-order valence-corrected chi connectivity index (χ0v) is 6.81. The van der Waals surface area contributed by atoms with E-state index in [-0.39, 0.29) is 0 Å². The predicted octanol–water partition coefficient (Wildman–Crippen LogP) is 1.16. The molecule has 0 saturated carbocycles. The zero-order chi connectivity index (χ0) is 8.55. The van der Waals surface area contributed by atoms with Gasteiger partial charge in [-0.1, -0.05) is 18.2 Å². The van der Waals surface area contributed by atoms with Crippen LogP contribution in [-0.4, -0.2) is 18.5 Å². The topological polar surface area (TPSA) is 35.8 Å². The van der Waals surface area contributed by atoms with E-state index < -0.39 is 6.23 Å². The van der Waals surface area contributed by atoms with Gasteiger partial charge >= 0.3 is 0 Å². The van der Waals surface area contributed by atoms with E-state index >= 15 is 0 Å². The molecule has 1 aliphatic heterocycles. The van der Waals surface area contributed by atoms with Crippen LogP contribution in [0.25, 0.3) is 0 Å². The van der Waals surface area contributed by atoms with E-state index in [1.54, 1.807) is 6.34 Å². The average Bonchev–Trinajstić information content (AvgIpc) is 2.12. The van der Waals surface area contributed by atoms with E-state index in [0.717, 1.165) is 11.3 Å². The number of hydrogen-bond donors (Lipinski definition) is 1. The van der Waals surface area contributed by atoms with Gasteiger partial charge in [0.05, 0.1) is 6.34 Å². The van der Waals surface area contributed by atoms with Crippen molar-refractivity contribution in [3.05, 3.63) is 29.8 Å². The summed E-state index contributed by atoms with van der Waals surface area (Å²) in [6.45, 7) is 0. The summed E-state index contributed by atoms with van der Waals surface area (Å²) in [6.07, 6.45) is 0.935. The molecule has 0 radical (unpaired) electrons. The summed E-state index contributed by atoms with van der Waals surface area (Å²) in [7, 11) is 1.91. The van der Waals surface area contributed by atoms with Crippen LogP contribution in [0.4, 0.5) is 5.69 Å². The van der Waals surface area contributed by atoms with Crippen LogP contribution in [0, 0.1) is 0 Å². The first-order chi connectivity index (χ1) is 5.79. The van der Waals surface area contributed by atoms with Gasteiger partial charge in [0.2, 0.25) is 0 Å². The standard InChI is InChI=1S/C9H10N2O/c1-11-6-10-9(12)7-4-2-3-5-8(7)11/h2-6,9,12H,1H3/t9-/m0/s1. The summed E-state index contributed by atoms with van der Waals surface area (Å²) < 4.78 is 0. The molecule has 0 amide bonds. The highest BCUT2D eigenvalue weighted by Gasteiger charge is 2.16. The second kappa shape index (κ2) is 2.60. The Morgan fingerprint density at radius 3 is 2.92 bits per heavy atom. The number of nitrogens with zero attached hydrogens (tertiary/aromatic N) is 2. The molecule has 0 saturated heterocycles. The molecular formula is C9H10N2O. The molecule has 62 valence electrons. The van der Waals surface area contributed by atoms with Gasteiger partial charge in [-0.05, 0) is 6.07 Å². The fourth-order valence-electron chi connectivity index (χ4n) is 1.33. The van der Waals surface area contributed by atoms with Crippen molar-refractivity contribution in [3.8, 4) is 0 Å². The van der Waals surface area contributed by atoms with Gasteiger partial charge in [0.15, 0.2) is 6.23 Å². The number of aliphatic hydroxyl groups is 1. The Labute approximate surface area is 71.0 Å². The zero-order valence-electron chi connectivity index (χ0n) is 6.81. The number of hydrogen-bond acceptors (Lipinski definition) is 3. The largest absolute Gasteiger partial charge is 0.368 e. The first kappa shape index (κ1) is 7.31. The van der Waals surface area contributed by atoms with Crippen molar-refractivity contribution in [2.45, 2.75) is 6.23 Å². The molecule has 1 aliphatic rings. The smallest absolute Gasteiger partial charge is 0.175 e. The first-order valence-corrected chi connectivity index (χ1v) is 3.82. The molecule has 1 heterocycles. The third-order valence-electron chi connectivity index (χ3n) is 1.98. The van der Waals surface area contributed by atoms with Crippen LogP contribution in [0.5, 0.6) is 0 Å². The van der Waals surface area contributed by atoms with Gasteiger partial charge < -0.3 is 10.0 Å². The highest BCUT2D eigenvalue weighted by molar-refractivity contribution is 5.82. The van der Waals surface area contributed by atoms with Crippen molar-refractivity contribution in [2.75, 3.05) is 11.9 Å². The maximum absolute atomic E-state index is 9.45. The van der Waals surface area contributed by atoms with Gasteiger partial charge in [0.1, 0.15) is 0 Å². The van der Waals surface area contributed by atoms with Gasteiger partial charge in [-0.25, -0.2) is 4.99 Å². The van der Waals surface area contributed by atoms with Crippen molar-refractivity contribution < 1.29 is 5.11 Å². The lowest BCUT2D eigenvalue weighted by atomic mass is 10.1. The van der Waals surface area contributed by atoms with E-state index in [2.05, 4.69) is 4.99 Å². The van der Waals surface area contributed by atoms with Gasteiger partial charge in [0.25, 0.3) is 0 Å². The molecule has 1 aromatic rings. The SMILES string of the molecule is CN1C=N[C@@H](O)c2ccccc21. The van der Waals surface area contributed by atoms with E-state index in [1.165, 1.54) is 0 Å². The summed E-state index contributed by atoms with van der Waals surface area (Å²) >= 11 is 0. The second-order valence-electron chi connectivity index (χ2n) is 2.81. The van der Waals surface area contributed by atoms with Crippen molar-refractivity contribution >= 4 is 12.0 Å². The minimum atomic E-state index is -0.697. The molecule has 3 heteroatoms. The van der Waals surface area contributed by atoms with Crippen molar-refractivity contribution in [3.63, 3.8) is 0 Å². The predicted molar refractivity (Wildman–Crippen MR) is 48.3 cm³/mol. The molecule has 0 unspecified atom stereocenters. The van der Waals surface area contributed by atoms with E-state index in [4.69, 9.17) is 0 Å². The highest BCUT2D eigenvalue weighted by atomic mass is 16.3. The van der Waals surface area contributed by atoms with Crippen LogP contribution in [0.15, 0.2) is 29.3 Å². The molecular weight excluding hydrogens is 152 g/mol. The van der Waals surface area contributed by atoms with Crippen LogP contribution >= 0.6 is 0 Å². The summed E-state index contributed by atoms with van der Waals surface area (Å²) in [4.78, 5) is 5.80. The summed E-state index contributed by atoms with van der Waals surface area (Å²) in [5.41, 5.74) is 1.88. The highest BCUT2D eigenvalue weighted by Crippen LogP contribution is 2.28. The molecule has 0 bridgehead atoms. The van der Waals surface area contributed by atoms with Gasteiger partial charge in [-0.2, -0.15) is 0 Å². The minimum absolute atomic E-state index is 0.697. The Morgan fingerprint density at radius 2 is 2.17 bits per heavy atom. The maximum atomic E-state index is 9.45. The molecule has 2 rings (SSSR count). The maximum Gasteiger partial charge on any atom is 0.175 e. The number of aliphatic imine (C=N–C) groups is 1. The number of fused-ring (bicyclic) bond motifs is 1. The van der Waals surface area contributed by atoms with Crippen LogP contribution < -0.4 is 4.90 Å². The van der Waals surface area contributed by atoms with Gasteiger partial charge in [-0.3, -0.25) is 0 Å². The molecule has 1 aromatic carbocycles. The first-order valence-electron chi connectivity index (χ1n) is 3.82. The fraction of sp³-hybridized carbons (Fsp3) is 0.222. The summed E-state index contributed by atoms with van der Waals surface area (Å²) in [6, 6.07) is 7.69. The van der Waals surface area contributed by atoms with Crippen LogP contribution in [0.1, 0.15) is 11.8 Å². The number of benzene rings is 1. The Kier molecular flexibility index (Phi) is 1.59. The number of aliphatic hydroxyl groups excluding tert-OH is 1. The molecule has 1 N–H and O–H groups in total. The van der Waals surface area contributed by atoms with Gasteiger partial charge in [0, 0.05) is 18.3 Å². The lowest BCUT2D eigenvalue weighted by Crippen LogP contribution is -2.21. The molecule has 0 spiro atoms. The summed E-state index contributed by atoms with van der Waals surface area (Å²) in [5, 5.41) is 9.45. The Balaban J connectivity index is 2.54. The monoisotopic (exact) mass is 162 g/mol. The minimum Gasteiger partial charge on any atom is -0.368 e. The summed E-state index contributed by atoms with van der Waals surface area (Å²) in [5.74, 6) is 0. The Hall–Kier alpha value is -1.35. The Bertz CT molecular complexity index is 291. The number of para-hydroxylation sites is 1. The van der Waals surface area contributed by atoms with Gasteiger partial charge in [-0.15, -0.1) is 0 Å². The lowest BCUT2D eigenvalue weighted by Gasteiger charge is -2.23. The van der Waals surface area contributed by atoms with Crippen LogP contribution in [-0.2, 0) is 0 Å². The second-order valence-corrected chi connectivity index (χ2v) is 2.81. The van der Waals surface area contributed by atoms with Crippen molar-refractivity contribution in [1.29, 1.82) is 0 Å². The number of rotatable bonds is 0. The van der Waals surface area contributed by atoms with E-state index in [9.17, 15) is 5.11 Å². The molecule has 1 atom stereocenters. The van der Waals surface area contributed by atoms with E-state index in [0.29, 0.717) is 0 Å².